The first-order chi connectivity index (χ1) is 6.75. The molecule has 0 radical (unpaired) electrons. The molecule has 74 valence electrons. The van der Waals surface area contributed by atoms with Gasteiger partial charge in [-0.05, 0) is 34.4 Å². The van der Waals surface area contributed by atoms with Crippen molar-refractivity contribution in [1.29, 1.82) is 0 Å². The molecular weight excluding hydrogens is 198 g/mol. The maximum absolute atomic E-state index is 3.83. The Balaban J connectivity index is 1.98. The van der Waals surface area contributed by atoms with Crippen molar-refractivity contribution in [3.8, 4) is 0 Å². The minimum atomic E-state index is 0.689. The van der Waals surface area contributed by atoms with E-state index in [2.05, 4.69) is 39.2 Å². The van der Waals surface area contributed by atoms with Gasteiger partial charge in [-0.2, -0.15) is 0 Å². The molecule has 0 aliphatic heterocycles. The number of nitrogens with one attached hydrogen (secondary N) is 1. The summed E-state index contributed by atoms with van der Waals surface area (Å²) in [5.41, 5.74) is 1.26. The van der Waals surface area contributed by atoms with Gasteiger partial charge in [-0.25, -0.2) is 4.68 Å². The third-order valence-electron chi connectivity index (χ3n) is 1.86. The molecule has 0 spiro atoms. The molecule has 2 aromatic heterocycles. The van der Waals surface area contributed by atoms with Gasteiger partial charge in [-0.15, -0.1) is 11.3 Å². The van der Waals surface area contributed by atoms with Crippen molar-refractivity contribution < 1.29 is 0 Å². The number of hydrogen-bond donors (Lipinski definition) is 1. The van der Waals surface area contributed by atoms with Gasteiger partial charge in [0.2, 0.25) is 5.95 Å². The number of hydrogen-bond acceptors (Lipinski definition) is 5. The van der Waals surface area contributed by atoms with E-state index in [1.54, 1.807) is 23.1 Å². The number of anilines is 1. The molecule has 5 nitrogen and oxygen atoms in total. The van der Waals surface area contributed by atoms with Gasteiger partial charge < -0.3 is 5.32 Å². The van der Waals surface area contributed by atoms with Gasteiger partial charge >= 0.3 is 0 Å². The molecule has 14 heavy (non-hydrogen) atoms. The van der Waals surface area contributed by atoms with E-state index in [4.69, 9.17) is 0 Å². The SMILES string of the molecule is Cc1cc(CNc2nnnn2C)cs1. The van der Waals surface area contributed by atoms with Crippen molar-refractivity contribution in [2.24, 2.45) is 7.05 Å². The lowest BCUT2D eigenvalue weighted by Crippen LogP contribution is -2.04. The number of nitrogens with zero attached hydrogens (tertiary/aromatic N) is 4. The minimum absolute atomic E-state index is 0.689. The Hall–Kier alpha value is -1.43. The first-order valence-electron chi connectivity index (χ1n) is 4.26. The number of aryl methyl sites for hydroxylation is 2. The van der Waals surface area contributed by atoms with Crippen LogP contribution in [0.3, 0.4) is 0 Å². The maximum Gasteiger partial charge on any atom is 0.242 e. The zero-order valence-corrected chi connectivity index (χ0v) is 8.88. The first-order valence-corrected chi connectivity index (χ1v) is 5.14. The molecule has 1 N–H and O–H groups in total. The maximum atomic E-state index is 3.83. The van der Waals surface area contributed by atoms with Crippen LogP contribution in [0.1, 0.15) is 10.4 Å². The molecule has 0 fully saturated rings. The Morgan fingerprint density at radius 3 is 3.00 bits per heavy atom. The third-order valence-corrected chi connectivity index (χ3v) is 2.77. The molecule has 0 amide bonds. The molecule has 0 saturated carbocycles. The molecule has 2 rings (SSSR count). The van der Waals surface area contributed by atoms with Crippen LogP contribution in [-0.2, 0) is 13.6 Å². The van der Waals surface area contributed by atoms with Crippen LogP contribution in [-0.4, -0.2) is 20.2 Å². The van der Waals surface area contributed by atoms with Crippen molar-refractivity contribution in [1.82, 2.24) is 20.2 Å². The van der Waals surface area contributed by atoms with E-state index in [0.29, 0.717) is 5.95 Å². The van der Waals surface area contributed by atoms with Gasteiger partial charge in [-0.1, -0.05) is 5.10 Å². The Bertz CT molecular complexity index is 419. The van der Waals surface area contributed by atoms with E-state index in [1.807, 2.05) is 0 Å². The standard InChI is InChI=1S/C8H11N5S/c1-6-3-7(5-14-6)4-9-8-10-11-12-13(8)2/h3,5H,4H2,1-2H3,(H,9,10,12). The van der Waals surface area contributed by atoms with Crippen LogP contribution in [0.4, 0.5) is 5.95 Å². The Labute approximate surface area is 85.8 Å². The predicted octanol–water partition coefficient (Wildman–Crippen LogP) is 1.19. The smallest absolute Gasteiger partial charge is 0.242 e. The summed E-state index contributed by atoms with van der Waals surface area (Å²) in [5, 5.41) is 16.4. The normalized spacial score (nSPS) is 10.4. The van der Waals surface area contributed by atoms with Crippen molar-refractivity contribution in [2.45, 2.75) is 13.5 Å². The second-order valence-electron chi connectivity index (χ2n) is 3.05. The summed E-state index contributed by atoms with van der Waals surface area (Å²) in [6, 6.07) is 2.15. The van der Waals surface area contributed by atoms with Gasteiger partial charge in [0, 0.05) is 18.5 Å². The van der Waals surface area contributed by atoms with Gasteiger partial charge in [0.25, 0.3) is 0 Å². The van der Waals surface area contributed by atoms with Gasteiger partial charge in [-0.3, -0.25) is 0 Å². The molecule has 6 heteroatoms. The largest absolute Gasteiger partial charge is 0.349 e. The summed E-state index contributed by atoms with van der Waals surface area (Å²) in [5.74, 6) is 0.689. The minimum Gasteiger partial charge on any atom is -0.349 e. The second kappa shape index (κ2) is 3.75. The van der Waals surface area contributed by atoms with E-state index in [0.717, 1.165) is 6.54 Å². The fourth-order valence-corrected chi connectivity index (χ4v) is 1.86. The summed E-state index contributed by atoms with van der Waals surface area (Å²) in [4.78, 5) is 1.32. The molecule has 0 saturated heterocycles. The quantitative estimate of drug-likeness (QED) is 0.825. The zero-order valence-electron chi connectivity index (χ0n) is 8.06. The Kier molecular flexibility index (Phi) is 2.45. The van der Waals surface area contributed by atoms with Gasteiger partial charge in [0.15, 0.2) is 0 Å². The molecule has 0 atom stereocenters. The Morgan fingerprint density at radius 2 is 2.43 bits per heavy atom. The molecule has 0 aliphatic carbocycles. The van der Waals surface area contributed by atoms with Crippen LogP contribution in [0, 0.1) is 6.92 Å². The van der Waals surface area contributed by atoms with Crippen molar-refractivity contribution in [3.05, 3.63) is 21.9 Å². The van der Waals surface area contributed by atoms with Crippen molar-refractivity contribution in [3.63, 3.8) is 0 Å². The topological polar surface area (TPSA) is 55.6 Å². The lowest BCUT2D eigenvalue weighted by molar-refractivity contribution is 0.712. The summed E-state index contributed by atoms with van der Waals surface area (Å²) in [6.07, 6.45) is 0. The van der Waals surface area contributed by atoms with E-state index in [-0.39, 0.29) is 0 Å². The number of aromatic nitrogens is 4. The molecule has 0 aromatic carbocycles. The van der Waals surface area contributed by atoms with E-state index >= 15 is 0 Å². The lowest BCUT2D eigenvalue weighted by Gasteiger charge is -2.00. The molecular formula is C8H11N5S. The molecule has 2 heterocycles. The first kappa shape index (κ1) is 9.14. The van der Waals surface area contributed by atoms with Crippen LogP contribution in [0.25, 0.3) is 0 Å². The third kappa shape index (κ3) is 1.90. The molecule has 0 bridgehead atoms. The molecule has 0 unspecified atom stereocenters. The van der Waals surface area contributed by atoms with Gasteiger partial charge in [0.05, 0.1) is 0 Å². The number of rotatable bonds is 3. The number of thiophene rings is 1. The summed E-state index contributed by atoms with van der Waals surface area (Å²) >= 11 is 1.75. The van der Waals surface area contributed by atoms with Crippen LogP contribution < -0.4 is 5.32 Å². The fraction of sp³-hybridized carbons (Fsp3) is 0.375. The molecule has 0 aliphatic rings. The number of tetrazole rings is 1. The van der Waals surface area contributed by atoms with Crippen LogP contribution in [0.5, 0.6) is 0 Å². The van der Waals surface area contributed by atoms with E-state index in [1.165, 1.54) is 10.4 Å². The van der Waals surface area contributed by atoms with Crippen molar-refractivity contribution >= 4 is 17.3 Å². The average molecular weight is 209 g/mol. The zero-order chi connectivity index (χ0) is 9.97. The monoisotopic (exact) mass is 209 g/mol. The van der Waals surface area contributed by atoms with Crippen LogP contribution >= 0.6 is 11.3 Å². The van der Waals surface area contributed by atoms with Crippen LogP contribution in [0.15, 0.2) is 11.4 Å². The van der Waals surface area contributed by atoms with E-state index < -0.39 is 0 Å². The Morgan fingerprint density at radius 1 is 1.57 bits per heavy atom. The summed E-state index contributed by atoms with van der Waals surface area (Å²) in [6.45, 7) is 2.86. The van der Waals surface area contributed by atoms with Crippen LogP contribution in [0.2, 0.25) is 0 Å². The fourth-order valence-electron chi connectivity index (χ4n) is 1.15. The predicted molar refractivity (Wildman–Crippen MR) is 55.2 cm³/mol. The lowest BCUT2D eigenvalue weighted by atomic mass is 10.3. The van der Waals surface area contributed by atoms with Crippen molar-refractivity contribution in [2.75, 3.05) is 5.32 Å². The molecule has 2 aromatic rings. The van der Waals surface area contributed by atoms with E-state index in [9.17, 15) is 0 Å². The summed E-state index contributed by atoms with van der Waals surface area (Å²) < 4.78 is 1.61. The highest BCUT2D eigenvalue weighted by Crippen LogP contribution is 2.13. The highest BCUT2D eigenvalue weighted by molar-refractivity contribution is 7.10. The summed E-state index contributed by atoms with van der Waals surface area (Å²) in [7, 11) is 1.81. The second-order valence-corrected chi connectivity index (χ2v) is 4.16. The highest BCUT2D eigenvalue weighted by Gasteiger charge is 2.01. The van der Waals surface area contributed by atoms with Gasteiger partial charge in [0.1, 0.15) is 0 Å². The highest BCUT2D eigenvalue weighted by atomic mass is 32.1. The average Bonchev–Trinajstić information content (AvgIpc) is 2.72.